The van der Waals surface area contributed by atoms with E-state index in [2.05, 4.69) is 5.32 Å². The average molecular weight is 232 g/mol. The van der Waals surface area contributed by atoms with Crippen LogP contribution in [-0.2, 0) is 6.42 Å². The maximum absolute atomic E-state index is 10.8. The van der Waals surface area contributed by atoms with Gasteiger partial charge in [-0.1, -0.05) is 6.07 Å². The molecule has 17 heavy (non-hydrogen) atoms. The molecule has 0 aromatic heterocycles. The van der Waals surface area contributed by atoms with Gasteiger partial charge in [-0.15, -0.1) is 0 Å². The molecule has 2 aliphatic rings. The monoisotopic (exact) mass is 232 g/mol. The number of nitro benzene ring substituents is 1. The van der Waals surface area contributed by atoms with Crippen LogP contribution in [0.5, 0.6) is 0 Å². The third kappa shape index (κ3) is 1.82. The number of piperidine rings is 1. The smallest absolute Gasteiger partial charge is 0.269 e. The van der Waals surface area contributed by atoms with Crippen LogP contribution in [0.25, 0.3) is 0 Å². The van der Waals surface area contributed by atoms with E-state index in [4.69, 9.17) is 0 Å². The summed E-state index contributed by atoms with van der Waals surface area (Å²) in [7, 11) is 0. The normalized spacial score (nSPS) is 27.1. The SMILES string of the molecule is O=[N+]([O-])c1ccc2c(c1)[C@@H]1CCCN[C@H]1CC2. The van der Waals surface area contributed by atoms with Crippen molar-refractivity contribution in [1.82, 2.24) is 5.32 Å². The molecule has 4 nitrogen and oxygen atoms in total. The molecule has 1 aliphatic heterocycles. The van der Waals surface area contributed by atoms with Crippen molar-refractivity contribution in [2.45, 2.75) is 37.6 Å². The van der Waals surface area contributed by atoms with Crippen LogP contribution >= 0.6 is 0 Å². The van der Waals surface area contributed by atoms with Gasteiger partial charge in [-0.25, -0.2) is 0 Å². The zero-order chi connectivity index (χ0) is 11.8. The predicted octanol–water partition coefficient (Wildman–Crippen LogP) is 2.38. The Labute approximate surface area is 100 Å². The van der Waals surface area contributed by atoms with Crippen molar-refractivity contribution in [2.24, 2.45) is 0 Å². The second-order valence-electron chi connectivity index (χ2n) is 4.99. The number of hydrogen-bond donors (Lipinski definition) is 1. The molecule has 1 saturated heterocycles. The van der Waals surface area contributed by atoms with Gasteiger partial charge in [-0.3, -0.25) is 10.1 Å². The van der Waals surface area contributed by atoms with E-state index in [1.807, 2.05) is 6.07 Å². The fourth-order valence-electron chi connectivity index (χ4n) is 3.21. The molecule has 0 bridgehead atoms. The Morgan fingerprint density at radius 3 is 3.06 bits per heavy atom. The van der Waals surface area contributed by atoms with E-state index in [-0.39, 0.29) is 10.6 Å². The molecule has 1 N–H and O–H groups in total. The number of hydrogen-bond acceptors (Lipinski definition) is 3. The largest absolute Gasteiger partial charge is 0.313 e. The number of aryl methyl sites for hydroxylation is 1. The van der Waals surface area contributed by atoms with Gasteiger partial charge in [-0.2, -0.15) is 0 Å². The van der Waals surface area contributed by atoms with Gasteiger partial charge in [0.25, 0.3) is 5.69 Å². The third-order valence-electron chi connectivity index (χ3n) is 4.05. The molecule has 4 heteroatoms. The summed E-state index contributed by atoms with van der Waals surface area (Å²) >= 11 is 0. The van der Waals surface area contributed by atoms with Crippen molar-refractivity contribution in [3.63, 3.8) is 0 Å². The summed E-state index contributed by atoms with van der Waals surface area (Å²) < 4.78 is 0. The molecule has 0 amide bonds. The molecule has 2 atom stereocenters. The minimum absolute atomic E-state index is 0.231. The summed E-state index contributed by atoms with van der Waals surface area (Å²) in [4.78, 5) is 10.5. The van der Waals surface area contributed by atoms with E-state index in [1.165, 1.54) is 17.5 Å². The zero-order valence-electron chi connectivity index (χ0n) is 9.69. The van der Waals surface area contributed by atoms with E-state index in [0.717, 1.165) is 25.8 Å². The quantitative estimate of drug-likeness (QED) is 0.597. The molecule has 0 unspecified atom stereocenters. The van der Waals surface area contributed by atoms with Crippen LogP contribution in [0.3, 0.4) is 0 Å². The first-order chi connectivity index (χ1) is 8.25. The van der Waals surface area contributed by atoms with E-state index >= 15 is 0 Å². The Bertz CT molecular complexity index is 459. The Morgan fingerprint density at radius 2 is 2.24 bits per heavy atom. The maximum atomic E-state index is 10.8. The summed E-state index contributed by atoms with van der Waals surface area (Å²) in [6, 6.07) is 5.89. The summed E-state index contributed by atoms with van der Waals surface area (Å²) in [6.45, 7) is 1.09. The second-order valence-corrected chi connectivity index (χ2v) is 4.99. The number of nitro groups is 1. The number of fused-ring (bicyclic) bond motifs is 3. The molecule has 1 aromatic rings. The average Bonchev–Trinajstić information content (AvgIpc) is 2.38. The van der Waals surface area contributed by atoms with Gasteiger partial charge >= 0.3 is 0 Å². The molecule has 0 saturated carbocycles. The lowest BCUT2D eigenvalue weighted by atomic mass is 9.75. The number of benzene rings is 1. The van der Waals surface area contributed by atoms with Crippen molar-refractivity contribution in [1.29, 1.82) is 0 Å². The lowest BCUT2D eigenvalue weighted by Crippen LogP contribution is -2.42. The highest BCUT2D eigenvalue weighted by Gasteiger charge is 2.32. The van der Waals surface area contributed by atoms with Gasteiger partial charge in [-0.05, 0) is 49.3 Å². The van der Waals surface area contributed by atoms with Crippen LogP contribution in [0.15, 0.2) is 18.2 Å². The van der Waals surface area contributed by atoms with Crippen LogP contribution in [0.1, 0.15) is 36.3 Å². The lowest BCUT2D eigenvalue weighted by molar-refractivity contribution is -0.385. The van der Waals surface area contributed by atoms with Crippen molar-refractivity contribution < 1.29 is 4.92 Å². The highest BCUT2D eigenvalue weighted by atomic mass is 16.6. The van der Waals surface area contributed by atoms with E-state index in [0.29, 0.717) is 12.0 Å². The number of nitrogens with one attached hydrogen (secondary N) is 1. The topological polar surface area (TPSA) is 55.2 Å². The second kappa shape index (κ2) is 4.11. The highest BCUT2D eigenvalue weighted by Crippen LogP contribution is 2.38. The van der Waals surface area contributed by atoms with Gasteiger partial charge < -0.3 is 5.32 Å². The van der Waals surface area contributed by atoms with Crippen LogP contribution in [-0.4, -0.2) is 17.5 Å². The molecule has 90 valence electrons. The maximum Gasteiger partial charge on any atom is 0.269 e. The van der Waals surface area contributed by atoms with Gasteiger partial charge in [0, 0.05) is 18.2 Å². The minimum atomic E-state index is -0.292. The molecule has 1 fully saturated rings. The molecule has 0 radical (unpaired) electrons. The molecular formula is C13H16N2O2. The Hall–Kier alpha value is -1.42. The van der Waals surface area contributed by atoms with Crippen LogP contribution in [0.2, 0.25) is 0 Å². The first-order valence-corrected chi connectivity index (χ1v) is 6.26. The molecule has 1 aliphatic carbocycles. The van der Waals surface area contributed by atoms with E-state index < -0.39 is 0 Å². The van der Waals surface area contributed by atoms with Crippen LogP contribution < -0.4 is 5.32 Å². The van der Waals surface area contributed by atoms with Gasteiger partial charge in [0.1, 0.15) is 0 Å². The van der Waals surface area contributed by atoms with E-state index in [1.54, 1.807) is 12.1 Å². The van der Waals surface area contributed by atoms with Gasteiger partial charge in [0.2, 0.25) is 0 Å². The van der Waals surface area contributed by atoms with Crippen molar-refractivity contribution in [2.75, 3.05) is 6.54 Å². The Morgan fingerprint density at radius 1 is 1.35 bits per heavy atom. The summed E-state index contributed by atoms with van der Waals surface area (Å²) in [5.74, 6) is 0.479. The lowest BCUT2D eigenvalue weighted by Gasteiger charge is -2.37. The summed E-state index contributed by atoms with van der Waals surface area (Å²) in [5.41, 5.74) is 2.75. The first kappa shape index (κ1) is 10.7. The molecule has 1 heterocycles. The fourth-order valence-corrected chi connectivity index (χ4v) is 3.21. The van der Waals surface area contributed by atoms with Crippen molar-refractivity contribution in [3.05, 3.63) is 39.4 Å². The molecule has 0 spiro atoms. The number of nitrogens with zero attached hydrogens (tertiary/aromatic N) is 1. The third-order valence-corrected chi connectivity index (χ3v) is 4.05. The Balaban J connectivity index is 2.01. The van der Waals surface area contributed by atoms with Gasteiger partial charge in [0.05, 0.1) is 4.92 Å². The van der Waals surface area contributed by atoms with E-state index in [9.17, 15) is 10.1 Å². The molecular weight excluding hydrogens is 216 g/mol. The van der Waals surface area contributed by atoms with Gasteiger partial charge in [0.15, 0.2) is 0 Å². The van der Waals surface area contributed by atoms with Crippen molar-refractivity contribution in [3.8, 4) is 0 Å². The number of non-ortho nitro benzene ring substituents is 1. The standard InChI is InChI=1S/C13H16N2O2/c16-15(17)10-5-3-9-4-6-13-11(12(9)8-10)2-1-7-14-13/h3,5,8,11,13-14H,1-2,4,6-7H2/t11-,13-/m0/s1. The molecule has 1 aromatic carbocycles. The Kier molecular flexibility index (Phi) is 2.59. The highest BCUT2D eigenvalue weighted by molar-refractivity contribution is 5.44. The predicted molar refractivity (Wildman–Crippen MR) is 65.2 cm³/mol. The molecule has 3 rings (SSSR count). The summed E-state index contributed by atoms with van der Waals surface area (Å²) in [5, 5.41) is 14.4. The van der Waals surface area contributed by atoms with Crippen LogP contribution in [0, 0.1) is 10.1 Å². The number of rotatable bonds is 1. The van der Waals surface area contributed by atoms with Crippen LogP contribution in [0.4, 0.5) is 5.69 Å². The zero-order valence-corrected chi connectivity index (χ0v) is 9.69. The minimum Gasteiger partial charge on any atom is -0.313 e. The fraction of sp³-hybridized carbons (Fsp3) is 0.538. The summed E-state index contributed by atoms with van der Waals surface area (Å²) in [6.07, 6.45) is 4.53. The van der Waals surface area contributed by atoms with Crippen molar-refractivity contribution >= 4 is 5.69 Å². The first-order valence-electron chi connectivity index (χ1n) is 6.26.